The van der Waals surface area contributed by atoms with Gasteiger partial charge < -0.3 is 28.5 Å². The number of phosphoric acid groups is 1. The monoisotopic (exact) mass is 933 g/mol. The van der Waals surface area contributed by atoms with Crippen LogP contribution in [0.15, 0.2) is 60.8 Å². The first-order valence-electron chi connectivity index (χ1n) is 26.6. The van der Waals surface area contributed by atoms with Crippen LogP contribution in [0.25, 0.3) is 0 Å². The Morgan fingerprint density at radius 1 is 0.554 bits per heavy atom. The Labute approximate surface area is 401 Å². The van der Waals surface area contributed by atoms with E-state index >= 15 is 0 Å². The van der Waals surface area contributed by atoms with Crippen molar-refractivity contribution < 1.29 is 37.3 Å². The maximum absolute atomic E-state index is 13.4. The molecule has 0 spiro atoms. The lowest BCUT2D eigenvalue weighted by atomic mass is 10.1. The van der Waals surface area contributed by atoms with Gasteiger partial charge >= 0.3 is 5.97 Å². The van der Waals surface area contributed by atoms with Crippen molar-refractivity contribution in [3.05, 3.63) is 60.8 Å². The fourth-order valence-corrected chi connectivity index (χ4v) is 8.06. The number of likely N-dealkylation sites (N-methyl/N-ethyl adjacent to an activating group) is 1. The Morgan fingerprint density at radius 2 is 1.00 bits per heavy atom. The fourth-order valence-electron chi connectivity index (χ4n) is 7.34. The van der Waals surface area contributed by atoms with E-state index in [1.54, 1.807) is 0 Å². The number of rotatable bonds is 47. The molecule has 9 nitrogen and oxygen atoms in total. The number of ether oxygens (including phenoxy) is 1. The number of hydrogen-bond donors (Lipinski definition) is 1. The van der Waals surface area contributed by atoms with Gasteiger partial charge in [-0.05, 0) is 76.7 Å². The molecule has 65 heavy (non-hydrogen) atoms. The third-order valence-corrected chi connectivity index (χ3v) is 12.5. The van der Waals surface area contributed by atoms with Gasteiger partial charge in [0.05, 0.1) is 33.8 Å². The van der Waals surface area contributed by atoms with E-state index in [0.29, 0.717) is 23.9 Å². The smallest absolute Gasteiger partial charge is 0.306 e. The highest BCUT2D eigenvalue weighted by atomic mass is 31.2. The van der Waals surface area contributed by atoms with Crippen LogP contribution in [0.3, 0.4) is 0 Å². The quantitative estimate of drug-likeness (QED) is 0.0161. The second-order valence-corrected chi connectivity index (χ2v) is 20.5. The number of carbonyl (C=O) groups is 2. The molecule has 3 unspecified atom stereocenters. The van der Waals surface area contributed by atoms with Crippen molar-refractivity contribution in [1.82, 2.24) is 5.32 Å². The van der Waals surface area contributed by atoms with Gasteiger partial charge in [-0.25, -0.2) is 0 Å². The molecule has 0 aromatic carbocycles. The van der Waals surface area contributed by atoms with Crippen molar-refractivity contribution in [1.29, 1.82) is 0 Å². The third-order valence-electron chi connectivity index (χ3n) is 11.5. The lowest BCUT2D eigenvalue weighted by Crippen LogP contribution is -2.47. The van der Waals surface area contributed by atoms with Gasteiger partial charge in [0.2, 0.25) is 5.91 Å². The van der Waals surface area contributed by atoms with Gasteiger partial charge in [-0.2, -0.15) is 0 Å². The minimum atomic E-state index is -4.69. The third kappa shape index (κ3) is 46.6. The predicted molar refractivity (Wildman–Crippen MR) is 275 cm³/mol. The van der Waals surface area contributed by atoms with Crippen molar-refractivity contribution >= 4 is 19.7 Å². The number of quaternary nitrogens is 1. The number of hydrogen-bond acceptors (Lipinski definition) is 7. The molecule has 0 aliphatic rings. The second kappa shape index (κ2) is 45.5. The molecule has 1 amide bonds. The molecule has 1 N–H and O–H groups in total. The van der Waals surface area contributed by atoms with Gasteiger partial charge in [0.15, 0.2) is 0 Å². The fraction of sp³-hybridized carbons (Fsp3) is 0.782. The molecule has 3 atom stereocenters. The summed E-state index contributed by atoms with van der Waals surface area (Å²) in [6.45, 7) is 6.65. The minimum Gasteiger partial charge on any atom is -0.756 e. The standard InChI is InChI=1S/C55H101N2O7P/c1-7-10-13-16-19-22-25-27-28-30-33-36-39-42-45-48-55(59)64-53(46-43-40-37-34-31-24-21-18-15-12-9-3)52(51-63-65(60,61)62-50-49-57(4,5)6)56-54(58)47-44-41-38-35-32-29-26-23-20-17-14-11-8-2/h11,14,17,20,22-23,25-26,43,46,52-53H,7-10,12-13,15-16,18-19,21,24,27-42,44-45,47-51H2,1-6H3,(H-,56,58,60,61)/b14-11+,20-17+,25-22-,26-23-,46-43+. The van der Waals surface area contributed by atoms with Gasteiger partial charge in [0, 0.05) is 12.8 Å². The molecule has 0 radical (unpaired) electrons. The van der Waals surface area contributed by atoms with Crippen LogP contribution in [0.5, 0.6) is 0 Å². The number of nitrogens with zero attached hydrogens (tertiary/aromatic N) is 1. The summed E-state index contributed by atoms with van der Waals surface area (Å²) >= 11 is 0. The molecular weight excluding hydrogens is 832 g/mol. The molecule has 0 aromatic rings. The Morgan fingerprint density at radius 3 is 1.52 bits per heavy atom. The number of phosphoric ester groups is 1. The lowest BCUT2D eigenvalue weighted by molar-refractivity contribution is -0.870. The van der Waals surface area contributed by atoms with Crippen LogP contribution in [-0.4, -0.2) is 69.4 Å². The summed E-state index contributed by atoms with van der Waals surface area (Å²) in [4.78, 5) is 39.7. The predicted octanol–water partition coefficient (Wildman–Crippen LogP) is 14.9. The molecule has 0 heterocycles. The zero-order valence-electron chi connectivity index (χ0n) is 42.9. The Hall–Kier alpha value is -2.29. The van der Waals surface area contributed by atoms with Gasteiger partial charge in [-0.3, -0.25) is 14.2 Å². The summed E-state index contributed by atoms with van der Waals surface area (Å²) in [7, 11) is 1.16. The molecule has 0 aliphatic heterocycles. The van der Waals surface area contributed by atoms with Crippen LogP contribution in [0.2, 0.25) is 0 Å². The molecule has 0 aliphatic carbocycles. The Kier molecular flexibility index (Phi) is 43.9. The highest BCUT2D eigenvalue weighted by molar-refractivity contribution is 7.45. The van der Waals surface area contributed by atoms with Crippen LogP contribution in [0.1, 0.15) is 226 Å². The average Bonchev–Trinajstić information content (AvgIpc) is 3.26. The Balaban J connectivity index is 5.42. The summed E-state index contributed by atoms with van der Waals surface area (Å²) in [5.41, 5.74) is 0. The summed E-state index contributed by atoms with van der Waals surface area (Å²) < 4.78 is 30.1. The number of carbonyl (C=O) groups excluding carboxylic acids is 2. The van der Waals surface area contributed by atoms with E-state index < -0.39 is 26.6 Å². The average molecular weight is 933 g/mol. The van der Waals surface area contributed by atoms with Crippen molar-refractivity contribution in [2.24, 2.45) is 0 Å². The maximum Gasteiger partial charge on any atom is 0.306 e. The van der Waals surface area contributed by atoms with Gasteiger partial charge in [-0.1, -0.05) is 197 Å². The van der Waals surface area contributed by atoms with Crippen molar-refractivity contribution in [3.8, 4) is 0 Å². The first-order chi connectivity index (χ1) is 31.4. The van der Waals surface area contributed by atoms with Gasteiger partial charge in [0.25, 0.3) is 7.82 Å². The van der Waals surface area contributed by atoms with E-state index in [2.05, 4.69) is 68.6 Å². The molecule has 0 saturated heterocycles. The number of unbranched alkanes of at least 4 members (excludes halogenated alkanes) is 25. The van der Waals surface area contributed by atoms with Crippen molar-refractivity contribution in [3.63, 3.8) is 0 Å². The van der Waals surface area contributed by atoms with E-state index in [1.165, 1.54) is 96.3 Å². The van der Waals surface area contributed by atoms with E-state index in [4.69, 9.17) is 13.8 Å². The largest absolute Gasteiger partial charge is 0.756 e. The van der Waals surface area contributed by atoms with Crippen molar-refractivity contribution in [2.75, 3.05) is 40.9 Å². The highest BCUT2D eigenvalue weighted by Crippen LogP contribution is 2.38. The molecule has 10 heteroatoms. The molecule has 378 valence electrons. The molecule has 0 rings (SSSR count). The molecule has 0 fully saturated rings. The molecular formula is C55H101N2O7P. The zero-order valence-corrected chi connectivity index (χ0v) is 43.8. The van der Waals surface area contributed by atoms with E-state index in [9.17, 15) is 19.0 Å². The second-order valence-electron chi connectivity index (χ2n) is 19.1. The summed E-state index contributed by atoms with van der Waals surface area (Å²) in [6.07, 6.45) is 54.7. The lowest BCUT2D eigenvalue weighted by Gasteiger charge is -2.30. The number of esters is 1. The van der Waals surface area contributed by atoms with Crippen LogP contribution in [-0.2, 0) is 27.9 Å². The van der Waals surface area contributed by atoms with Gasteiger partial charge in [-0.15, -0.1) is 0 Å². The first-order valence-corrected chi connectivity index (χ1v) is 28.1. The van der Waals surface area contributed by atoms with Crippen LogP contribution in [0, 0.1) is 0 Å². The number of nitrogens with one attached hydrogen (secondary N) is 1. The maximum atomic E-state index is 13.4. The topological polar surface area (TPSA) is 114 Å². The summed E-state index contributed by atoms with van der Waals surface area (Å²) in [5.74, 6) is -0.573. The van der Waals surface area contributed by atoms with Gasteiger partial charge in [0.1, 0.15) is 19.3 Å². The Bertz CT molecular complexity index is 1300. The summed E-state index contributed by atoms with van der Waals surface area (Å²) in [6, 6.07) is -0.899. The van der Waals surface area contributed by atoms with E-state index in [1.807, 2.05) is 39.4 Å². The normalized spacial score (nSPS) is 14.4. The molecule has 0 saturated carbocycles. The molecule has 0 bridgehead atoms. The minimum absolute atomic E-state index is 0.0288. The highest BCUT2D eigenvalue weighted by Gasteiger charge is 2.27. The zero-order chi connectivity index (χ0) is 48.0. The molecule has 0 aromatic heterocycles. The van der Waals surface area contributed by atoms with Crippen LogP contribution >= 0.6 is 7.82 Å². The van der Waals surface area contributed by atoms with Crippen LogP contribution in [0.4, 0.5) is 0 Å². The number of allylic oxidation sites excluding steroid dienone is 9. The van der Waals surface area contributed by atoms with Crippen molar-refractivity contribution in [2.45, 2.75) is 238 Å². The first kappa shape index (κ1) is 62.7. The van der Waals surface area contributed by atoms with Crippen LogP contribution < -0.4 is 10.2 Å². The van der Waals surface area contributed by atoms with E-state index in [-0.39, 0.29) is 24.9 Å². The summed E-state index contributed by atoms with van der Waals surface area (Å²) in [5, 5.41) is 2.99. The number of amides is 1. The SMILES string of the molecule is CC/C=C/C=C/C=C\CCCCCCCC(=O)NC(COP(=O)([O-])OCC[N+](C)(C)C)C(/C=C/CCCCCCCCCCC)OC(=O)CCCCCCCCC/C=C\CCCCCC. The van der Waals surface area contributed by atoms with E-state index in [0.717, 1.165) is 89.9 Å².